The van der Waals surface area contributed by atoms with Gasteiger partial charge in [-0.25, -0.2) is 13.1 Å². The highest BCUT2D eigenvalue weighted by Crippen LogP contribution is 2.13. The highest BCUT2D eigenvalue weighted by molar-refractivity contribution is 7.89. The minimum atomic E-state index is -3.65. The van der Waals surface area contributed by atoms with Gasteiger partial charge in [-0.3, -0.25) is 4.79 Å². The van der Waals surface area contributed by atoms with E-state index in [9.17, 15) is 13.2 Å². The first kappa shape index (κ1) is 20.6. The van der Waals surface area contributed by atoms with Crippen molar-refractivity contribution in [2.24, 2.45) is 0 Å². The van der Waals surface area contributed by atoms with Crippen LogP contribution in [0.2, 0.25) is 0 Å². The van der Waals surface area contributed by atoms with Crippen LogP contribution in [0.3, 0.4) is 0 Å². The van der Waals surface area contributed by atoms with Gasteiger partial charge in [0, 0.05) is 13.1 Å². The smallest absolute Gasteiger partial charge is 0.246 e. The Morgan fingerprint density at radius 2 is 1.86 bits per heavy atom. The molecule has 1 amide bonds. The fraction of sp³-hybridized carbons (Fsp3) is 0.190. The summed E-state index contributed by atoms with van der Waals surface area (Å²) in [5.74, 6) is 1.85. The Kier molecular flexibility index (Phi) is 6.36. The molecule has 152 valence electrons. The van der Waals surface area contributed by atoms with E-state index in [-0.39, 0.29) is 17.3 Å². The molecule has 0 aliphatic carbocycles. The third kappa shape index (κ3) is 5.69. The number of furan rings is 2. The van der Waals surface area contributed by atoms with Crippen LogP contribution in [-0.4, -0.2) is 26.3 Å². The number of rotatable bonds is 8. The molecule has 8 heteroatoms. The maximum Gasteiger partial charge on any atom is 0.246 e. The van der Waals surface area contributed by atoms with Gasteiger partial charge in [0.25, 0.3) is 0 Å². The van der Waals surface area contributed by atoms with E-state index < -0.39 is 10.0 Å². The van der Waals surface area contributed by atoms with Crippen LogP contribution >= 0.6 is 0 Å². The number of amides is 1. The van der Waals surface area contributed by atoms with Crippen LogP contribution in [-0.2, 0) is 27.9 Å². The highest BCUT2D eigenvalue weighted by Gasteiger charge is 2.14. The number of hydrogen-bond donors (Lipinski definition) is 1. The average Bonchev–Trinajstić information content (AvgIpc) is 3.36. The predicted octanol–water partition coefficient (Wildman–Crippen LogP) is 3.33. The van der Waals surface area contributed by atoms with Gasteiger partial charge in [0.2, 0.25) is 15.9 Å². The van der Waals surface area contributed by atoms with Crippen molar-refractivity contribution >= 4 is 22.0 Å². The Balaban J connectivity index is 1.58. The van der Waals surface area contributed by atoms with E-state index in [2.05, 4.69) is 4.72 Å². The summed E-state index contributed by atoms with van der Waals surface area (Å²) in [5.41, 5.74) is 0.713. The summed E-state index contributed by atoms with van der Waals surface area (Å²) < 4.78 is 37.7. The first-order valence-corrected chi connectivity index (χ1v) is 10.4. The van der Waals surface area contributed by atoms with Crippen LogP contribution in [0.1, 0.15) is 22.8 Å². The molecular formula is C21H22N2O5S. The Labute approximate surface area is 169 Å². The van der Waals surface area contributed by atoms with E-state index in [1.54, 1.807) is 37.4 Å². The monoisotopic (exact) mass is 414 g/mol. The number of aryl methyl sites for hydroxylation is 1. The van der Waals surface area contributed by atoms with Crippen LogP contribution < -0.4 is 4.72 Å². The average molecular weight is 414 g/mol. The van der Waals surface area contributed by atoms with Crippen LogP contribution in [0.4, 0.5) is 0 Å². The molecule has 0 fully saturated rings. The lowest BCUT2D eigenvalue weighted by molar-refractivity contribution is -0.125. The van der Waals surface area contributed by atoms with Gasteiger partial charge in [-0.1, -0.05) is 12.1 Å². The molecule has 0 aliphatic heterocycles. The van der Waals surface area contributed by atoms with Crippen molar-refractivity contribution < 1.29 is 22.0 Å². The van der Waals surface area contributed by atoms with Crippen molar-refractivity contribution in [1.29, 1.82) is 0 Å². The Morgan fingerprint density at radius 1 is 1.10 bits per heavy atom. The van der Waals surface area contributed by atoms with E-state index in [0.29, 0.717) is 23.6 Å². The first-order chi connectivity index (χ1) is 13.8. The highest BCUT2D eigenvalue weighted by atomic mass is 32.2. The predicted molar refractivity (Wildman–Crippen MR) is 108 cm³/mol. The van der Waals surface area contributed by atoms with Crippen LogP contribution in [0, 0.1) is 6.92 Å². The summed E-state index contributed by atoms with van der Waals surface area (Å²) in [6.45, 7) is 2.30. The normalized spacial score (nSPS) is 11.8. The maximum absolute atomic E-state index is 12.3. The van der Waals surface area contributed by atoms with Gasteiger partial charge in [-0.05, 0) is 55.0 Å². The second kappa shape index (κ2) is 8.93. The standard InChI is InChI=1S/C21H22N2O5S/c1-16-5-9-19(28-16)15-23(2)21(24)12-8-17-6-10-20(11-7-17)29(25,26)22-14-18-4-3-13-27-18/h3-13,22H,14-15H2,1-2H3. The third-order valence-electron chi connectivity index (χ3n) is 4.19. The molecule has 2 heterocycles. The Hall–Kier alpha value is -3.10. The number of nitrogens with zero attached hydrogens (tertiary/aromatic N) is 1. The summed E-state index contributed by atoms with van der Waals surface area (Å²) in [4.78, 5) is 13.9. The first-order valence-electron chi connectivity index (χ1n) is 8.94. The van der Waals surface area contributed by atoms with Crippen LogP contribution in [0.15, 0.2) is 74.6 Å². The van der Waals surface area contributed by atoms with E-state index in [4.69, 9.17) is 8.83 Å². The largest absolute Gasteiger partial charge is 0.468 e. The van der Waals surface area contributed by atoms with Crippen LogP contribution in [0.5, 0.6) is 0 Å². The molecule has 7 nitrogen and oxygen atoms in total. The second-order valence-electron chi connectivity index (χ2n) is 6.51. The van der Waals surface area contributed by atoms with E-state index in [1.165, 1.54) is 29.4 Å². The molecule has 0 saturated heterocycles. The van der Waals surface area contributed by atoms with E-state index >= 15 is 0 Å². The summed E-state index contributed by atoms with van der Waals surface area (Å²) in [7, 11) is -1.96. The Bertz CT molecular complexity index is 1080. The van der Waals surface area contributed by atoms with Crippen LogP contribution in [0.25, 0.3) is 6.08 Å². The summed E-state index contributed by atoms with van der Waals surface area (Å²) >= 11 is 0. The number of sulfonamides is 1. The number of likely N-dealkylation sites (N-methyl/N-ethyl adjacent to an activating group) is 1. The zero-order valence-corrected chi connectivity index (χ0v) is 17.0. The number of hydrogen-bond acceptors (Lipinski definition) is 5. The molecule has 0 spiro atoms. The minimum absolute atomic E-state index is 0.0764. The van der Waals surface area contributed by atoms with E-state index in [0.717, 1.165) is 5.76 Å². The van der Waals surface area contributed by atoms with Gasteiger partial charge < -0.3 is 13.7 Å². The molecular weight excluding hydrogens is 392 g/mol. The van der Waals surface area contributed by atoms with Crippen molar-refractivity contribution in [2.45, 2.75) is 24.9 Å². The van der Waals surface area contributed by atoms with Gasteiger partial charge >= 0.3 is 0 Å². The maximum atomic E-state index is 12.3. The van der Waals surface area contributed by atoms with E-state index in [1.807, 2.05) is 19.1 Å². The lowest BCUT2D eigenvalue weighted by Gasteiger charge is -2.13. The molecule has 0 aliphatic rings. The topological polar surface area (TPSA) is 92.8 Å². The quantitative estimate of drug-likeness (QED) is 0.571. The van der Waals surface area contributed by atoms with Crippen molar-refractivity contribution in [3.63, 3.8) is 0 Å². The molecule has 0 atom stereocenters. The van der Waals surface area contributed by atoms with Gasteiger partial charge in [-0.15, -0.1) is 0 Å². The zero-order valence-electron chi connectivity index (χ0n) is 16.2. The molecule has 0 unspecified atom stereocenters. The zero-order chi connectivity index (χ0) is 20.9. The molecule has 0 bridgehead atoms. The molecule has 3 rings (SSSR count). The fourth-order valence-electron chi connectivity index (χ4n) is 2.60. The van der Waals surface area contributed by atoms with Gasteiger partial charge in [0.15, 0.2) is 0 Å². The van der Waals surface area contributed by atoms with Gasteiger partial charge in [0.1, 0.15) is 17.3 Å². The molecule has 0 saturated carbocycles. The van der Waals surface area contributed by atoms with Gasteiger partial charge in [-0.2, -0.15) is 0 Å². The molecule has 0 radical (unpaired) electrons. The van der Waals surface area contributed by atoms with Crippen molar-refractivity contribution in [3.05, 3.63) is 83.7 Å². The third-order valence-corrected chi connectivity index (χ3v) is 5.61. The molecule has 1 aromatic carbocycles. The molecule has 2 aromatic heterocycles. The van der Waals surface area contributed by atoms with Gasteiger partial charge in [0.05, 0.1) is 24.2 Å². The number of benzene rings is 1. The summed E-state index contributed by atoms with van der Waals surface area (Å²) in [6.07, 6.45) is 4.56. The number of nitrogens with one attached hydrogen (secondary N) is 1. The lowest BCUT2D eigenvalue weighted by atomic mass is 10.2. The number of carbonyl (C=O) groups is 1. The van der Waals surface area contributed by atoms with Crippen molar-refractivity contribution in [1.82, 2.24) is 9.62 Å². The summed E-state index contributed by atoms with van der Waals surface area (Å²) in [6, 6.07) is 13.3. The Morgan fingerprint density at radius 3 is 2.48 bits per heavy atom. The SMILES string of the molecule is Cc1ccc(CN(C)C(=O)C=Cc2ccc(S(=O)(=O)NCc3ccco3)cc2)o1. The lowest BCUT2D eigenvalue weighted by Crippen LogP contribution is -2.23. The molecule has 3 aromatic rings. The minimum Gasteiger partial charge on any atom is -0.468 e. The molecule has 1 N–H and O–H groups in total. The molecule has 29 heavy (non-hydrogen) atoms. The van der Waals surface area contributed by atoms with Crippen molar-refractivity contribution in [3.8, 4) is 0 Å². The van der Waals surface area contributed by atoms with Crippen molar-refractivity contribution in [2.75, 3.05) is 7.05 Å². The fourth-order valence-corrected chi connectivity index (χ4v) is 3.59. The number of carbonyl (C=O) groups excluding carboxylic acids is 1. The second-order valence-corrected chi connectivity index (χ2v) is 8.28. The summed E-state index contributed by atoms with van der Waals surface area (Å²) in [5, 5.41) is 0.